The Kier molecular flexibility index (Phi) is 3.82. The molecule has 0 fully saturated rings. The number of ether oxygens (including phenoxy) is 2. The van der Waals surface area contributed by atoms with E-state index in [0.717, 1.165) is 5.76 Å². The highest BCUT2D eigenvalue weighted by atomic mass is 16.6. The van der Waals surface area contributed by atoms with Gasteiger partial charge in [-0.2, -0.15) is 5.10 Å². The average Bonchev–Trinajstić information content (AvgIpc) is 2.98. The topological polar surface area (TPSA) is 73.1 Å². The second-order valence-electron chi connectivity index (χ2n) is 4.95. The first-order valence-electron chi connectivity index (χ1n) is 6.93. The Labute approximate surface area is 127 Å². The number of fused-ring (bicyclic) bond motifs is 1. The number of amides is 1. The van der Waals surface area contributed by atoms with E-state index in [1.165, 1.54) is 0 Å². The Hall–Kier alpha value is -2.76. The Balaban J connectivity index is 1.63. The number of rotatable bonds is 3. The minimum absolute atomic E-state index is 0.150. The SMILES string of the molecule is CC(=NNC(=O)C1COc2ccccc2O1)c1ccc(C)o1. The minimum atomic E-state index is -0.732. The third-order valence-corrected chi connectivity index (χ3v) is 3.23. The first-order chi connectivity index (χ1) is 10.6. The van der Waals surface area contributed by atoms with Gasteiger partial charge in [-0.15, -0.1) is 0 Å². The highest BCUT2D eigenvalue weighted by Crippen LogP contribution is 2.30. The summed E-state index contributed by atoms with van der Waals surface area (Å²) in [6, 6.07) is 10.9. The summed E-state index contributed by atoms with van der Waals surface area (Å²) in [7, 11) is 0. The van der Waals surface area contributed by atoms with Gasteiger partial charge in [0.05, 0.1) is 0 Å². The number of carbonyl (C=O) groups is 1. The van der Waals surface area contributed by atoms with Crippen LogP contribution in [0.4, 0.5) is 0 Å². The van der Waals surface area contributed by atoms with E-state index in [1.54, 1.807) is 25.1 Å². The molecule has 1 atom stereocenters. The van der Waals surface area contributed by atoms with Gasteiger partial charge in [-0.05, 0) is 38.1 Å². The van der Waals surface area contributed by atoms with Crippen LogP contribution in [0, 0.1) is 6.92 Å². The quantitative estimate of drug-likeness (QED) is 0.697. The number of hydrazone groups is 1. The van der Waals surface area contributed by atoms with Gasteiger partial charge in [0.25, 0.3) is 5.91 Å². The maximum Gasteiger partial charge on any atom is 0.284 e. The predicted octanol–water partition coefficient (Wildman–Crippen LogP) is 2.27. The molecule has 0 spiro atoms. The molecule has 2 heterocycles. The molecule has 22 heavy (non-hydrogen) atoms. The van der Waals surface area contributed by atoms with E-state index in [1.807, 2.05) is 25.1 Å². The molecule has 1 amide bonds. The zero-order valence-corrected chi connectivity index (χ0v) is 12.3. The Morgan fingerprint density at radius 2 is 2.00 bits per heavy atom. The summed E-state index contributed by atoms with van der Waals surface area (Å²) in [4.78, 5) is 12.1. The second-order valence-corrected chi connectivity index (χ2v) is 4.95. The van der Waals surface area contributed by atoms with E-state index >= 15 is 0 Å². The monoisotopic (exact) mass is 300 g/mol. The van der Waals surface area contributed by atoms with E-state index in [-0.39, 0.29) is 12.5 Å². The Morgan fingerprint density at radius 1 is 1.23 bits per heavy atom. The number of furan rings is 1. The average molecular weight is 300 g/mol. The van der Waals surface area contributed by atoms with E-state index < -0.39 is 6.10 Å². The van der Waals surface area contributed by atoms with Crippen LogP contribution < -0.4 is 14.9 Å². The molecule has 6 nitrogen and oxygen atoms in total. The lowest BCUT2D eigenvalue weighted by Gasteiger charge is -2.24. The van der Waals surface area contributed by atoms with Crippen LogP contribution in [0.1, 0.15) is 18.4 Å². The van der Waals surface area contributed by atoms with Crippen molar-refractivity contribution < 1.29 is 18.7 Å². The van der Waals surface area contributed by atoms with Gasteiger partial charge in [-0.25, -0.2) is 5.43 Å². The summed E-state index contributed by atoms with van der Waals surface area (Å²) >= 11 is 0. The summed E-state index contributed by atoms with van der Waals surface area (Å²) in [5.74, 6) is 2.23. The van der Waals surface area contributed by atoms with Gasteiger partial charge in [-0.3, -0.25) is 4.79 Å². The molecule has 1 aliphatic heterocycles. The van der Waals surface area contributed by atoms with Gasteiger partial charge in [0, 0.05) is 0 Å². The van der Waals surface area contributed by atoms with Crippen molar-refractivity contribution in [3.8, 4) is 11.5 Å². The summed E-state index contributed by atoms with van der Waals surface area (Å²) in [5.41, 5.74) is 3.06. The minimum Gasteiger partial charge on any atom is -0.485 e. The van der Waals surface area contributed by atoms with Crippen molar-refractivity contribution in [3.63, 3.8) is 0 Å². The lowest BCUT2D eigenvalue weighted by molar-refractivity contribution is -0.130. The van der Waals surface area contributed by atoms with Crippen molar-refractivity contribution in [1.82, 2.24) is 5.43 Å². The fourth-order valence-electron chi connectivity index (χ4n) is 2.04. The van der Waals surface area contributed by atoms with E-state index in [9.17, 15) is 4.79 Å². The summed E-state index contributed by atoms with van der Waals surface area (Å²) in [5, 5.41) is 4.03. The number of benzene rings is 1. The van der Waals surface area contributed by atoms with Crippen LogP contribution in [-0.4, -0.2) is 24.3 Å². The van der Waals surface area contributed by atoms with Gasteiger partial charge >= 0.3 is 0 Å². The normalized spacial score (nSPS) is 17.2. The van der Waals surface area contributed by atoms with Gasteiger partial charge in [0.2, 0.25) is 6.10 Å². The van der Waals surface area contributed by atoms with Crippen LogP contribution in [0.5, 0.6) is 11.5 Å². The van der Waals surface area contributed by atoms with Crippen LogP contribution in [0.25, 0.3) is 0 Å². The molecular weight excluding hydrogens is 284 g/mol. The highest BCUT2D eigenvalue weighted by molar-refractivity contribution is 5.97. The van der Waals surface area contributed by atoms with Crippen LogP contribution in [0.3, 0.4) is 0 Å². The zero-order valence-electron chi connectivity index (χ0n) is 12.3. The predicted molar refractivity (Wildman–Crippen MR) is 80.2 cm³/mol. The van der Waals surface area contributed by atoms with Crippen LogP contribution >= 0.6 is 0 Å². The molecule has 1 N–H and O–H groups in total. The maximum absolute atomic E-state index is 12.1. The third-order valence-electron chi connectivity index (χ3n) is 3.23. The highest BCUT2D eigenvalue weighted by Gasteiger charge is 2.27. The van der Waals surface area contributed by atoms with E-state index in [0.29, 0.717) is 23.0 Å². The molecule has 0 radical (unpaired) electrons. The summed E-state index contributed by atoms with van der Waals surface area (Å²) in [6.45, 7) is 3.75. The number of para-hydroxylation sites is 2. The Bertz CT molecular complexity index is 720. The molecule has 114 valence electrons. The van der Waals surface area contributed by atoms with Crippen molar-refractivity contribution >= 4 is 11.6 Å². The number of nitrogens with zero attached hydrogens (tertiary/aromatic N) is 1. The number of nitrogens with one attached hydrogen (secondary N) is 1. The maximum atomic E-state index is 12.1. The number of hydrogen-bond acceptors (Lipinski definition) is 5. The molecular formula is C16H16N2O4. The van der Waals surface area contributed by atoms with Crippen molar-refractivity contribution in [2.75, 3.05) is 6.61 Å². The smallest absolute Gasteiger partial charge is 0.284 e. The van der Waals surface area contributed by atoms with Crippen LogP contribution in [0.15, 0.2) is 45.9 Å². The number of carbonyl (C=O) groups excluding carboxylic acids is 1. The Morgan fingerprint density at radius 3 is 2.73 bits per heavy atom. The standard InChI is InChI=1S/C16H16N2O4/c1-10-7-8-12(21-10)11(2)17-18-16(19)15-9-20-13-5-3-4-6-14(13)22-15/h3-8,15H,9H2,1-2H3,(H,18,19). The molecule has 0 saturated carbocycles. The lowest BCUT2D eigenvalue weighted by atomic mass is 10.2. The molecule has 1 aromatic heterocycles. The molecule has 1 unspecified atom stereocenters. The van der Waals surface area contributed by atoms with Gasteiger partial charge in [0.1, 0.15) is 23.8 Å². The first kappa shape index (κ1) is 14.2. The lowest BCUT2D eigenvalue weighted by Crippen LogP contribution is -2.42. The zero-order chi connectivity index (χ0) is 15.5. The number of hydrogen-bond donors (Lipinski definition) is 1. The van der Waals surface area contributed by atoms with Crippen LogP contribution in [-0.2, 0) is 4.79 Å². The van der Waals surface area contributed by atoms with Gasteiger partial charge in [0.15, 0.2) is 11.5 Å². The molecule has 1 aliphatic rings. The molecule has 2 aromatic rings. The van der Waals surface area contributed by atoms with Crippen molar-refractivity contribution in [1.29, 1.82) is 0 Å². The fourth-order valence-corrected chi connectivity index (χ4v) is 2.04. The summed E-state index contributed by atoms with van der Waals surface area (Å²) in [6.07, 6.45) is -0.732. The third kappa shape index (κ3) is 2.95. The second kappa shape index (κ2) is 5.93. The molecule has 0 saturated heterocycles. The van der Waals surface area contributed by atoms with Gasteiger partial charge in [-0.1, -0.05) is 12.1 Å². The van der Waals surface area contributed by atoms with Crippen molar-refractivity contribution in [2.24, 2.45) is 5.10 Å². The number of aryl methyl sites for hydroxylation is 1. The molecule has 1 aromatic carbocycles. The van der Waals surface area contributed by atoms with Crippen LogP contribution in [0.2, 0.25) is 0 Å². The molecule has 6 heteroatoms. The molecule has 3 rings (SSSR count). The van der Waals surface area contributed by atoms with Crippen molar-refractivity contribution in [3.05, 3.63) is 47.9 Å². The molecule has 0 bridgehead atoms. The summed E-state index contributed by atoms with van der Waals surface area (Å²) < 4.78 is 16.5. The molecule has 0 aliphatic carbocycles. The van der Waals surface area contributed by atoms with E-state index in [2.05, 4.69) is 10.5 Å². The van der Waals surface area contributed by atoms with Crippen molar-refractivity contribution in [2.45, 2.75) is 20.0 Å². The van der Waals surface area contributed by atoms with E-state index in [4.69, 9.17) is 13.9 Å². The van der Waals surface area contributed by atoms with Gasteiger partial charge < -0.3 is 13.9 Å². The first-order valence-corrected chi connectivity index (χ1v) is 6.93. The fraction of sp³-hybridized carbons (Fsp3) is 0.250. The largest absolute Gasteiger partial charge is 0.485 e.